The topological polar surface area (TPSA) is 79.5 Å². The van der Waals surface area contributed by atoms with Crippen molar-refractivity contribution in [2.75, 3.05) is 19.6 Å². The summed E-state index contributed by atoms with van der Waals surface area (Å²) < 4.78 is 5.02. The Morgan fingerprint density at radius 3 is 2.29 bits per heavy atom. The lowest BCUT2D eigenvalue weighted by Crippen LogP contribution is -2.41. The highest BCUT2D eigenvalue weighted by molar-refractivity contribution is 5.74. The Hall–Kier alpha value is -1.72. The van der Waals surface area contributed by atoms with Gasteiger partial charge in [-0.3, -0.25) is 0 Å². The number of rotatable bonds is 5. The fourth-order valence-electron chi connectivity index (χ4n) is 0.882. The van der Waals surface area contributed by atoms with E-state index in [1.807, 2.05) is 0 Å². The predicted octanol–water partition coefficient (Wildman–Crippen LogP) is 0.996. The maximum atomic E-state index is 11.2. The van der Waals surface area contributed by atoms with Crippen molar-refractivity contribution in [3.05, 3.63) is 12.7 Å². The SMILES string of the molecule is C=CCNC(=O)NCCNC(=O)OC(C)(C)C. The van der Waals surface area contributed by atoms with Crippen LogP contribution in [0.25, 0.3) is 0 Å². The number of nitrogens with one attached hydrogen (secondary N) is 3. The van der Waals surface area contributed by atoms with Gasteiger partial charge in [0.1, 0.15) is 5.60 Å². The molecule has 0 aliphatic heterocycles. The molecule has 0 spiro atoms. The molecule has 0 radical (unpaired) electrons. The fourth-order valence-corrected chi connectivity index (χ4v) is 0.882. The quantitative estimate of drug-likeness (QED) is 0.498. The average molecular weight is 243 g/mol. The number of urea groups is 1. The monoisotopic (exact) mass is 243 g/mol. The Balaban J connectivity index is 3.54. The molecule has 3 amide bonds. The average Bonchev–Trinajstić information content (AvgIpc) is 2.19. The fraction of sp³-hybridized carbons (Fsp3) is 0.636. The zero-order chi connectivity index (χ0) is 13.3. The van der Waals surface area contributed by atoms with Gasteiger partial charge in [-0.05, 0) is 20.8 Å². The molecule has 0 saturated carbocycles. The van der Waals surface area contributed by atoms with Crippen LogP contribution < -0.4 is 16.0 Å². The minimum Gasteiger partial charge on any atom is -0.444 e. The van der Waals surface area contributed by atoms with E-state index in [1.54, 1.807) is 26.8 Å². The van der Waals surface area contributed by atoms with Crippen molar-refractivity contribution in [3.63, 3.8) is 0 Å². The molecule has 0 atom stereocenters. The maximum absolute atomic E-state index is 11.2. The number of amides is 3. The second-order valence-electron chi connectivity index (χ2n) is 4.35. The highest BCUT2D eigenvalue weighted by atomic mass is 16.6. The van der Waals surface area contributed by atoms with Crippen LogP contribution in [0.4, 0.5) is 9.59 Å². The molecular weight excluding hydrogens is 222 g/mol. The molecule has 0 rings (SSSR count). The molecule has 6 heteroatoms. The van der Waals surface area contributed by atoms with E-state index in [9.17, 15) is 9.59 Å². The van der Waals surface area contributed by atoms with Crippen molar-refractivity contribution < 1.29 is 14.3 Å². The Labute approximate surface area is 102 Å². The Kier molecular flexibility index (Phi) is 6.77. The molecule has 98 valence electrons. The minimum absolute atomic E-state index is 0.295. The molecule has 0 aliphatic carbocycles. The molecule has 0 heterocycles. The first-order chi connectivity index (χ1) is 7.85. The van der Waals surface area contributed by atoms with Crippen molar-refractivity contribution in [3.8, 4) is 0 Å². The molecule has 0 fully saturated rings. The maximum Gasteiger partial charge on any atom is 0.407 e. The summed E-state index contributed by atoms with van der Waals surface area (Å²) in [5.74, 6) is 0. The van der Waals surface area contributed by atoms with Crippen LogP contribution in [-0.4, -0.2) is 37.4 Å². The molecule has 0 bridgehead atoms. The first-order valence-corrected chi connectivity index (χ1v) is 5.44. The number of ether oxygens (including phenoxy) is 1. The van der Waals surface area contributed by atoms with Gasteiger partial charge in [0, 0.05) is 19.6 Å². The standard InChI is InChI=1S/C11H21N3O3/c1-5-6-12-9(15)13-7-8-14-10(16)17-11(2,3)4/h5H,1,6-8H2,2-4H3,(H,14,16)(H2,12,13,15). The molecular formula is C11H21N3O3. The molecule has 0 aromatic carbocycles. The van der Waals surface area contributed by atoms with E-state index < -0.39 is 11.7 Å². The van der Waals surface area contributed by atoms with Gasteiger partial charge in [-0.15, -0.1) is 6.58 Å². The van der Waals surface area contributed by atoms with E-state index in [1.165, 1.54) is 0 Å². The third kappa shape index (κ3) is 10.6. The Morgan fingerprint density at radius 1 is 1.18 bits per heavy atom. The summed E-state index contributed by atoms with van der Waals surface area (Å²) >= 11 is 0. The van der Waals surface area contributed by atoms with Gasteiger partial charge in [-0.2, -0.15) is 0 Å². The number of hydrogen-bond acceptors (Lipinski definition) is 3. The summed E-state index contributed by atoms with van der Waals surface area (Å²) in [7, 11) is 0. The van der Waals surface area contributed by atoms with Crippen LogP contribution in [0, 0.1) is 0 Å². The summed E-state index contributed by atoms with van der Waals surface area (Å²) in [4.78, 5) is 22.3. The van der Waals surface area contributed by atoms with E-state index in [0.717, 1.165) is 0 Å². The van der Waals surface area contributed by atoms with Crippen molar-refractivity contribution in [1.29, 1.82) is 0 Å². The number of hydrogen-bond donors (Lipinski definition) is 3. The highest BCUT2D eigenvalue weighted by Gasteiger charge is 2.15. The summed E-state index contributed by atoms with van der Waals surface area (Å²) in [6, 6.07) is -0.295. The number of carbonyl (C=O) groups excluding carboxylic acids is 2. The van der Waals surface area contributed by atoms with Crippen LogP contribution in [0.5, 0.6) is 0 Å². The van der Waals surface area contributed by atoms with E-state index in [4.69, 9.17) is 4.74 Å². The zero-order valence-corrected chi connectivity index (χ0v) is 10.6. The van der Waals surface area contributed by atoms with Crippen molar-refractivity contribution in [2.45, 2.75) is 26.4 Å². The van der Waals surface area contributed by atoms with Crippen LogP contribution in [0.3, 0.4) is 0 Å². The largest absolute Gasteiger partial charge is 0.444 e. The Bertz CT molecular complexity index is 272. The normalized spacial score (nSPS) is 10.3. The van der Waals surface area contributed by atoms with Crippen LogP contribution in [0.1, 0.15) is 20.8 Å². The molecule has 0 saturated heterocycles. The van der Waals surface area contributed by atoms with Crippen LogP contribution in [0.2, 0.25) is 0 Å². The van der Waals surface area contributed by atoms with Crippen molar-refractivity contribution >= 4 is 12.1 Å². The lowest BCUT2D eigenvalue weighted by molar-refractivity contribution is 0.0528. The van der Waals surface area contributed by atoms with Crippen LogP contribution in [0.15, 0.2) is 12.7 Å². The molecule has 0 unspecified atom stereocenters. The van der Waals surface area contributed by atoms with Gasteiger partial charge < -0.3 is 20.7 Å². The zero-order valence-electron chi connectivity index (χ0n) is 10.6. The van der Waals surface area contributed by atoms with Gasteiger partial charge in [0.15, 0.2) is 0 Å². The third-order valence-corrected chi connectivity index (χ3v) is 1.49. The van der Waals surface area contributed by atoms with Gasteiger partial charge in [-0.25, -0.2) is 9.59 Å². The highest BCUT2D eigenvalue weighted by Crippen LogP contribution is 2.05. The van der Waals surface area contributed by atoms with E-state index in [2.05, 4.69) is 22.5 Å². The molecule has 0 aromatic heterocycles. The van der Waals surface area contributed by atoms with Crippen molar-refractivity contribution in [1.82, 2.24) is 16.0 Å². The minimum atomic E-state index is -0.515. The summed E-state index contributed by atoms with van der Waals surface area (Å²) in [5.41, 5.74) is -0.515. The predicted molar refractivity (Wildman–Crippen MR) is 65.8 cm³/mol. The van der Waals surface area contributed by atoms with Gasteiger partial charge in [0.2, 0.25) is 0 Å². The van der Waals surface area contributed by atoms with Crippen molar-refractivity contribution in [2.24, 2.45) is 0 Å². The summed E-state index contributed by atoms with van der Waals surface area (Å²) in [6.07, 6.45) is 1.09. The number of carbonyl (C=O) groups is 2. The van der Waals surface area contributed by atoms with E-state index >= 15 is 0 Å². The van der Waals surface area contributed by atoms with Gasteiger partial charge in [0.25, 0.3) is 0 Å². The van der Waals surface area contributed by atoms with Gasteiger partial charge in [0.05, 0.1) is 0 Å². The summed E-state index contributed by atoms with van der Waals surface area (Å²) in [5, 5.41) is 7.64. The molecule has 0 aromatic rings. The second-order valence-corrected chi connectivity index (χ2v) is 4.35. The van der Waals surface area contributed by atoms with Crippen LogP contribution >= 0.6 is 0 Å². The second kappa shape index (κ2) is 7.54. The first-order valence-electron chi connectivity index (χ1n) is 5.44. The summed E-state index contributed by atoms with van der Waals surface area (Å²) in [6.45, 7) is 9.89. The number of alkyl carbamates (subject to hydrolysis) is 1. The van der Waals surface area contributed by atoms with E-state index in [-0.39, 0.29) is 6.03 Å². The molecule has 6 nitrogen and oxygen atoms in total. The third-order valence-electron chi connectivity index (χ3n) is 1.49. The van der Waals surface area contributed by atoms with Crippen LogP contribution in [-0.2, 0) is 4.74 Å². The van der Waals surface area contributed by atoms with Gasteiger partial charge >= 0.3 is 12.1 Å². The molecule has 0 aliphatic rings. The lowest BCUT2D eigenvalue weighted by Gasteiger charge is -2.19. The lowest BCUT2D eigenvalue weighted by atomic mass is 10.2. The molecule has 17 heavy (non-hydrogen) atoms. The smallest absolute Gasteiger partial charge is 0.407 e. The molecule has 3 N–H and O–H groups in total. The first kappa shape index (κ1) is 15.3. The van der Waals surface area contributed by atoms with E-state index in [0.29, 0.717) is 19.6 Å². The Morgan fingerprint density at radius 2 is 1.76 bits per heavy atom. The van der Waals surface area contributed by atoms with Gasteiger partial charge in [-0.1, -0.05) is 6.08 Å².